The van der Waals surface area contributed by atoms with E-state index in [1.807, 2.05) is 13.8 Å². The van der Waals surface area contributed by atoms with Crippen LogP contribution in [0, 0.1) is 0 Å². The summed E-state index contributed by atoms with van der Waals surface area (Å²) in [5.74, 6) is 0. The van der Waals surface area contributed by atoms with E-state index in [1.165, 1.54) is 12.1 Å². The van der Waals surface area contributed by atoms with Crippen LogP contribution in [0.4, 0.5) is 0 Å². The van der Waals surface area contributed by atoms with Gasteiger partial charge in [0.15, 0.2) is 0 Å². The Bertz CT molecular complexity index is 546. The molecule has 0 aromatic heterocycles. The second-order valence-corrected chi connectivity index (χ2v) is 7.09. The summed E-state index contributed by atoms with van der Waals surface area (Å²) in [4.78, 5) is -0.00542. The number of halogens is 1. The number of aliphatic hydroxyl groups is 1. The van der Waals surface area contributed by atoms with E-state index < -0.39 is 10.0 Å². The second kappa shape index (κ2) is 8.70. The van der Waals surface area contributed by atoms with Crippen molar-refractivity contribution in [2.45, 2.75) is 44.3 Å². The Labute approximate surface area is 131 Å². The Balaban J connectivity index is 2.54. The topological polar surface area (TPSA) is 75.6 Å². The summed E-state index contributed by atoms with van der Waals surface area (Å²) in [6, 6.07) is 4.44. The molecule has 7 heteroatoms. The highest BCUT2D eigenvalue weighted by molar-refractivity contribution is 7.89. The normalized spacial score (nSPS) is 12.0. The maximum absolute atomic E-state index is 12.2. The highest BCUT2D eigenvalue weighted by atomic mass is 35.5. The van der Waals surface area contributed by atoms with E-state index in [0.717, 1.165) is 6.42 Å². The number of sulfonamides is 1. The number of benzene rings is 1. The number of unbranched alkanes of at least 4 members (excludes halogenated alkanes) is 1. The van der Waals surface area contributed by atoms with Crippen molar-refractivity contribution in [3.63, 3.8) is 0 Å². The molecule has 120 valence electrons. The summed E-state index contributed by atoms with van der Waals surface area (Å²) in [5, 5.41) is 9.21. The molecule has 0 saturated carbocycles. The number of rotatable bonds is 9. The van der Waals surface area contributed by atoms with E-state index in [0.29, 0.717) is 25.1 Å². The van der Waals surface area contributed by atoms with Crippen LogP contribution in [0.25, 0.3) is 0 Å². The zero-order valence-corrected chi connectivity index (χ0v) is 13.9. The number of nitrogens with one attached hydrogen (secondary N) is 1. The van der Waals surface area contributed by atoms with E-state index in [4.69, 9.17) is 21.4 Å². The van der Waals surface area contributed by atoms with Crippen LogP contribution < -0.4 is 4.72 Å². The van der Waals surface area contributed by atoms with Gasteiger partial charge in [0, 0.05) is 13.2 Å². The standard InChI is InChI=1S/C14H22ClNO4S/c1-11(2)20-8-4-3-7-16-21(18,19)14-9-12(10-17)5-6-13(14)15/h5-6,9,11,16-17H,3-4,7-8,10H2,1-2H3. The van der Waals surface area contributed by atoms with Gasteiger partial charge >= 0.3 is 0 Å². The molecular formula is C14H22ClNO4S. The first-order valence-corrected chi connectivity index (χ1v) is 8.73. The molecule has 0 aliphatic heterocycles. The average molecular weight is 336 g/mol. The summed E-state index contributed by atoms with van der Waals surface area (Å²) in [7, 11) is -3.66. The lowest BCUT2D eigenvalue weighted by Crippen LogP contribution is -2.25. The van der Waals surface area contributed by atoms with Gasteiger partial charge < -0.3 is 9.84 Å². The Morgan fingerprint density at radius 2 is 2.05 bits per heavy atom. The van der Waals surface area contributed by atoms with Gasteiger partial charge in [0.2, 0.25) is 10.0 Å². The predicted octanol–water partition coefficient (Wildman–Crippen LogP) is 2.32. The van der Waals surface area contributed by atoms with E-state index in [1.54, 1.807) is 6.07 Å². The zero-order chi connectivity index (χ0) is 15.9. The lowest BCUT2D eigenvalue weighted by Gasteiger charge is -2.10. The van der Waals surface area contributed by atoms with Crippen molar-refractivity contribution in [3.8, 4) is 0 Å². The maximum atomic E-state index is 12.2. The Morgan fingerprint density at radius 1 is 1.33 bits per heavy atom. The minimum absolute atomic E-state index is 0.00542. The summed E-state index contributed by atoms with van der Waals surface area (Å²) in [6.07, 6.45) is 1.65. The summed E-state index contributed by atoms with van der Waals surface area (Å²) in [5.41, 5.74) is 0.505. The van der Waals surface area contributed by atoms with Gasteiger partial charge in [-0.05, 0) is 44.4 Å². The molecule has 5 nitrogen and oxygen atoms in total. The van der Waals surface area contributed by atoms with Crippen LogP contribution in [0.2, 0.25) is 5.02 Å². The number of hydrogen-bond acceptors (Lipinski definition) is 4. The molecular weight excluding hydrogens is 314 g/mol. The Kier molecular flexibility index (Phi) is 7.62. The fourth-order valence-corrected chi connectivity index (χ4v) is 3.30. The van der Waals surface area contributed by atoms with E-state index in [2.05, 4.69) is 4.72 Å². The third-order valence-corrected chi connectivity index (χ3v) is 4.72. The molecule has 21 heavy (non-hydrogen) atoms. The quantitative estimate of drug-likeness (QED) is 0.679. The third kappa shape index (κ3) is 6.32. The zero-order valence-electron chi connectivity index (χ0n) is 12.3. The third-order valence-electron chi connectivity index (χ3n) is 2.78. The Hall–Kier alpha value is -0.660. The van der Waals surface area contributed by atoms with Crippen LogP contribution in [-0.2, 0) is 21.4 Å². The molecule has 0 fully saturated rings. The van der Waals surface area contributed by atoms with E-state index >= 15 is 0 Å². The van der Waals surface area contributed by atoms with Gasteiger partial charge in [-0.2, -0.15) is 0 Å². The molecule has 1 rings (SSSR count). The van der Waals surface area contributed by atoms with Crippen molar-refractivity contribution in [1.82, 2.24) is 4.72 Å². The lowest BCUT2D eigenvalue weighted by atomic mass is 10.2. The first kappa shape index (κ1) is 18.4. The first-order valence-electron chi connectivity index (χ1n) is 6.87. The van der Waals surface area contributed by atoms with Crippen molar-refractivity contribution in [3.05, 3.63) is 28.8 Å². The molecule has 0 unspecified atom stereocenters. The monoisotopic (exact) mass is 335 g/mol. The predicted molar refractivity (Wildman–Crippen MR) is 82.9 cm³/mol. The number of ether oxygens (including phenoxy) is 1. The molecule has 0 bridgehead atoms. The fraction of sp³-hybridized carbons (Fsp3) is 0.571. The van der Waals surface area contributed by atoms with Crippen LogP contribution in [0.3, 0.4) is 0 Å². The van der Waals surface area contributed by atoms with Crippen molar-refractivity contribution >= 4 is 21.6 Å². The molecule has 0 heterocycles. The van der Waals surface area contributed by atoms with Gasteiger partial charge in [-0.3, -0.25) is 0 Å². The highest BCUT2D eigenvalue weighted by Crippen LogP contribution is 2.22. The van der Waals surface area contributed by atoms with Crippen molar-refractivity contribution in [1.29, 1.82) is 0 Å². The molecule has 0 saturated heterocycles. The smallest absolute Gasteiger partial charge is 0.242 e. The summed E-state index contributed by atoms with van der Waals surface area (Å²) >= 11 is 5.91. The lowest BCUT2D eigenvalue weighted by molar-refractivity contribution is 0.0762. The molecule has 0 atom stereocenters. The maximum Gasteiger partial charge on any atom is 0.242 e. The molecule has 1 aromatic rings. The van der Waals surface area contributed by atoms with Crippen LogP contribution in [-0.4, -0.2) is 32.8 Å². The van der Waals surface area contributed by atoms with Crippen LogP contribution in [0.1, 0.15) is 32.3 Å². The highest BCUT2D eigenvalue weighted by Gasteiger charge is 2.17. The second-order valence-electron chi connectivity index (χ2n) is 4.95. The fourth-order valence-electron chi connectivity index (χ4n) is 1.68. The van der Waals surface area contributed by atoms with Gasteiger partial charge in [0.05, 0.1) is 17.7 Å². The number of aliphatic hydroxyl groups excluding tert-OH is 1. The van der Waals surface area contributed by atoms with Gasteiger partial charge in [-0.25, -0.2) is 13.1 Å². The van der Waals surface area contributed by atoms with E-state index in [9.17, 15) is 8.42 Å². The van der Waals surface area contributed by atoms with Gasteiger partial charge in [-0.1, -0.05) is 17.7 Å². The summed E-state index contributed by atoms with van der Waals surface area (Å²) in [6.45, 7) is 4.62. The van der Waals surface area contributed by atoms with E-state index in [-0.39, 0.29) is 22.6 Å². The van der Waals surface area contributed by atoms with Crippen molar-refractivity contribution in [2.75, 3.05) is 13.2 Å². The molecule has 2 N–H and O–H groups in total. The van der Waals surface area contributed by atoms with Crippen molar-refractivity contribution in [2.24, 2.45) is 0 Å². The Morgan fingerprint density at radius 3 is 2.67 bits per heavy atom. The summed E-state index contributed by atoms with van der Waals surface area (Å²) < 4.78 is 32.2. The average Bonchev–Trinajstić information content (AvgIpc) is 2.42. The van der Waals surface area contributed by atoms with Gasteiger partial charge in [0.25, 0.3) is 0 Å². The van der Waals surface area contributed by atoms with Crippen LogP contribution in [0.15, 0.2) is 23.1 Å². The minimum Gasteiger partial charge on any atom is -0.392 e. The molecule has 1 aromatic carbocycles. The molecule has 0 amide bonds. The van der Waals surface area contributed by atoms with Crippen molar-refractivity contribution < 1.29 is 18.3 Å². The van der Waals surface area contributed by atoms with Gasteiger partial charge in [0.1, 0.15) is 4.90 Å². The van der Waals surface area contributed by atoms with Crippen LogP contribution >= 0.6 is 11.6 Å². The van der Waals surface area contributed by atoms with Crippen LogP contribution in [0.5, 0.6) is 0 Å². The molecule has 0 radical (unpaired) electrons. The molecule has 0 aliphatic rings. The SMILES string of the molecule is CC(C)OCCCCNS(=O)(=O)c1cc(CO)ccc1Cl. The minimum atomic E-state index is -3.66. The molecule has 0 aliphatic carbocycles. The molecule has 0 spiro atoms. The number of hydrogen-bond donors (Lipinski definition) is 2. The first-order chi connectivity index (χ1) is 9.86. The largest absolute Gasteiger partial charge is 0.392 e. The van der Waals surface area contributed by atoms with Gasteiger partial charge in [-0.15, -0.1) is 0 Å².